The van der Waals surface area contributed by atoms with E-state index in [0.717, 1.165) is 60.3 Å². The number of nitrogens with one attached hydrogen (secondary N) is 1. The fraction of sp³-hybridized carbons (Fsp3) is 0.304. The normalized spacial score (nSPS) is 16.0. The predicted molar refractivity (Wildman–Crippen MR) is 120 cm³/mol. The first-order chi connectivity index (χ1) is 15.1. The standard InChI is InChI=1S/C23H24N4O3S/c1-16(28)24-19-5-2-18-14-27-20(15-30-23(18)12-19)13-22(25-27)17-3-6-21(7-4-17)31-26-8-10-29-11-9-26/h2-7,12-13H,8-11,14-15H2,1H3,(H,24,28). The van der Waals surface area contributed by atoms with Gasteiger partial charge in [0.2, 0.25) is 5.91 Å². The maximum Gasteiger partial charge on any atom is 0.221 e. The summed E-state index contributed by atoms with van der Waals surface area (Å²) in [7, 11) is 0. The van der Waals surface area contributed by atoms with Crippen LogP contribution in [-0.4, -0.2) is 46.3 Å². The van der Waals surface area contributed by atoms with Gasteiger partial charge in [-0.25, -0.2) is 4.31 Å². The Morgan fingerprint density at radius 1 is 1.10 bits per heavy atom. The molecular formula is C23H24N4O3S. The molecule has 2 aromatic carbocycles. The first-order valence-corrected chi connectivity index (χ1v) is 11.1. The molecule has 8 heteroatoms. The summed E-state index contributed by atoms with van der Waals surface area (Å²) in [4.78, 5) is 12.5. The van der Waals surface area contributed by atoms with Gasteiger partial charge in [-0.1, -0.05) is 18.2 Å². The molecule has 1 N–H and O–H groups in total. The van der Waals surface area contributed by atoms with Crippen LogP contribution in [0.1, 0.15) is 18.2 Å². The summed E-state index contributed by atoms with van der Waals surface area (Å²) < 4.78 is 15.8. The lowest BCUT2D eigenvalue weighted by Crippen LogP contribution is -2.30. The Labute approximate surface area is 185 Å². The van der Waals surface area contributed by atoms with Crippen LogP contribution in [0.2, 0.25) is 0 Å². The second-order valence-corrected chi connectivity index (χ2v) is 8.80. The van der Waals surface area contributed by atoms with Gasteiger partial charge in [0.05, 0.1) is 31.1 Å². The van der Waals surface area contributed by atoms with E-state index in [4.69, 9.17) is 14.6 Å². The van der Waals surface area contributed by atoms with Gasteiger partial charge in [0.1, 0.15) is 12.4 Å². The van der Waals surface area contributed by atoms with Gasteiger partial charge in [-0.2, -0.15) is 5.10 Å². The number of hydrogen-bond donors (Lipinski definition) is 1. The molecule has 0 bridgehead atoms. The fourth-order valence-corrected chi connectivity index (χ4v) is 4.62. The van der Waals surface area contributed by atoms with Gasteiger partial charge in [0.15, 0.2) is 0 Å². The third kappa shape index (κ3) is 4.61. The molecule has 1 saturated heterocycles. The van der Waals surface area contributed by atoms with Gasteiger partial charge in [-0.3, -0.25) is 9.48 Å². The smallest absolute Gasteiger partial charge is 0.221 e. The van der Waals surface area contributed by atoms with Crippen LogP contribution in [0.25, 0.3) is 11.3 Å². The van der Waals surface area contributed by atoms with E-state index < -0.39 is 0 Å². The molecule has 1 amide bonds. The molecule has 31 heavy (non-hydrogen) atoms. The van der Waals surface area contributed by atoms with Crippen molar-refractivity contribution < 1.29 is 14.3 Å². The summed E-state index contributed by atoms with van der Waals surface area (Å²) in [5.74, 6) is 0.684. The Morgan fingerprint density at radius 3 is 2.68 bits per heavy atom. The Morgan fingerprint density at radius 2 is 1.90 bits per heavy atom. The highest BCUT2D eigenvalue weighted by molar-refractivity contribution is 7.97. The molecule has 7 nitrogen and oxygen atoms in total. The monoisotopic (exact) mass is 436 g/mol. The Balaban J connectivity index is 1.31. The lowest BCUT2D eigenvalue weighted by Gasteiger charge is -2.25. The van der Waals surface area contributed by atoms with Gasteiger partial charge in [0, 0.05) is 47.8 Å². The number of ether oxygens (including phenoxy) is 2. The first-order valence-electron chi connectivity index (χ1n) is 10.4. The quantitative estimate of drug-likeness (QED) is 0.628. The largest absolute Gasteiger partial charge is 0.487 e. The molecule has 0 spiro atoms. The molecule has 1 aromatic heterocycles. The number of anilines is 1. The molecule has 0 atom stereocenters. The van der Waals surface area contributed by atoms with Gasteiger partial charge >= 0.3 is 0 Å². The van der Waals surface area contributed by atoms with Crippen LogP contribution in [-0.2, 0) is 22.7 Å². The third-order valence-electron chi connectivity index (χ3n) is 5.30. The minimum absolute atomic E-state index is 0.0968. The van der Waals surface area contributed by atoms with Gasteiger partial charge in [0.25, 0.3) is 0 Å². The Bertz CT molecular complexity index is 1090. The number of carbonyl (C=O) groups is 1. The third-order valence-corrected chi connectivity index (χ3v) is 6.41. The van der Waals surface area contributed by atoms with E-state index in [1.54, 1.807) is 11.9 Å². The number of rotatable bonds is 4. The topological polar surface area (TPSA) is 68.6 Å². The second-order valence-electron chi connectivity index (χ2n) is 7.63. The fourth-order valence-electron chi connectivity index (χ4n) is 3.74. The highest BCUT2D eigenvalue weighted by Gasteiger charge is 2.18. The van der Waals surface area contributed by atoms with Crippen molar-refractivity contribution in [1.29, 1.82) is 0 Å². The van der Waals surface area contributed by atoms with E-state index in [1.165, 1.54) is 11.8 Å². The highest BCUT2D eigenvalue weighted by Crippen LogP contribution is 2.31. The van der Waals surface area contributed by atoms with Crippen LogP contribution in [0.15, 0.2) is 53.4 Å². The van der Waals surface area contributed by atoms with Crippen molar-refractivity contribution in [1.82, 2.24) is 14.1 Å². The number of morpholine rings is 1. The van der Waals surface area contributed by atoms with Gasteiger partial charge in [-0.15, -0.1) is 0 Å². The summed E-state index contributed by atoms with van der Waals surface area (Å²) >= 11 is 1.78. The summed E-state index contributed by atoms with van der Waals surface area (Å²) in [6, 6.07) is 16.4. The molecule has 2 aliphatic rings. The van der Waals surface area contributed by atoms with Crippen LogP contribution in [0.5, 0.6) is 5.75 Å². The van der Waals surface area contributed by atoms with E-state index in [2.05, 4.69) is 40.0 Å². The van der Waals surface area contributed by atoms with Gasteiger partial charge < -0.3 is 14.8 Å². The molecule has 3 heterocycles. The van der Waals surface area contributed by atoms with Crippen molar-refractivity contribution in [2.45, 2.75) is 25.0 Å². The summed E-state index contributed by atoms with van der Waals surface area (Å²) in [5.41, 5.74) is 4.84. The van der Waals surface area contributed by atoms with Crippen molar-refractivity contribution in [2.24, 2.45) is 0 Å². The minimum atomic E-state index is -0.0968. The minimum Gasteiger partial charge on any atom is -0.487 e. The first kappa shape index (κ1) is 20.1. The average Bonchev–Trinajstić information content (AvgIpc) is 3.09. The molecule has 160 valence electrons. The SMILES string of the molecule is CC(=O)Nc1ccc2c(c1)OCc1cc(-c3ccc(SN4CCOCC4)cc3)nn1C2. The second kappa shape index (κ2) is 8.74. The Kier molecular flexibility index (Phi) is 5.67. The zero-order valence-corrected chi connectivity index (χ0v) is 18.2. The number of aromatic nitrogens is 2. The number of nitrogens with zero attached hydrogens (tertiary/aromatic N) is 3. The van der Waals surface area contributed by atoms with Crippen molar-refractivity contribution in [3.05, 3.63) is 59.8 Å². The van der Waals surface area contributed by atoms with Crippen molar-refractivity contribution in [2.75, 3.05) is 31.6 Å². The van der Waals surface area contributed by atoms with Crippen LogP contribution >= 0.6 is 11.9 Å². The molecule has 0 unspecified atom stereocenters. The van der Waals surface area contributed by atoms with Gasteiger partial charge in [-0.05, 0) is 36.2 Å². The van der Waals surface area contributed by atoms with E-state index >= 15 is 0 Å². The molecule has 5 rings (SSSR count). The molecule has 0 aliphatic carbocycles. The lowest BCUT2D eigenvalue weighted by molar-refractivity contribution is -0.114. The van der Waals surface area contributed by atoms with Crippen molar-refractivity contribution in [3.63, 3.8) is 0 Å². The Hall–Kier alpha value is -2.81. The highest BCUT2D eigenvalue weighted by atomic mass is 32.2. The van der Waals surface area contributed by atoms with E-state index in [-0.39, 0.29) is 5.91 Å². The number of benzene rings is 2. The molecule has 2 aliphatic heterocycles. The maximum atomic E-state index is 11.3. The maximum absolute atomic E-state index is 11.3. The number of hydrogen-bond acceptors (Lipinski definition) is 6. The molecule has 1 fully saturated rings. The van der Waals surface area contributed by atoms with E-state index in [9.17, 15) is 4.79 Å². The zero-order valence-electron chi connectivity index (χ0n) is 17.3. The average molecular weight is 437 g/mol. The summed E-state index contributed by atoms with van der Waals surface area (Å²) in [6.45, 7) is 6.07. The lowest BCUT2D eigenvalue weighted by atomic mass is 10.1. The zero-order chi connectivity index (χ0) is 21.2. The number of carbonyl (C=O) groups excluding carboxylic acids is 1. The van der Waals surface area contributed by atoms with Crippen LogP contribution in [0.4, 0.5) is 5.69 Å². The number of amides is 1. The van der Waals surface area contributed by atoms with E-state index in [0.29, 0.717) is 13.2 Å². The van der Waals surface area contributed by atoms with Crippen LogP contribution < -0.4 is 10.1 Å². The molecular weight excluding hydrogens is 412 g/mol. The predicted octanol–water partition coefficient (Wildman–Crippen LogP) is 3.79. The van der Waals surface area contributed by atoms with Crippen molar-refractivity contribution >= 4 is 23.5 Å². The summed E-state index contributed by atoms with van der Waals surface area (Å²) in [5, 5.41) is 7.63. The molecule has 0 radical (unpaired) electrons. The van der Waals surface area contributed by atoms with E-state index in [1.807, 2.05) is 22.9 Å². The van der Waals surface area contributed by atoms with Crippen LogP contribution in [0, 0.1) is 0 Å². The molecule has 3 aromatic rings. The van der Waals surface area contributed by atoms with Crippen molar-refractivity contribution in [3.8, 4) is 17.0 Å². The summed E-state index contributed by atoms with van der Waals surface area (Å²) in [6.07, 6.45) is 0. The van der Waals surface area contributed by atoms with Crippen LogP contribution in [0.3, 0.4) is 0 Å². The number of fused-ring (bicyclic) bond motifs is 2. The molecule has 0 saturated carbocycles.